The third-order valence-electron chi connectivity index (χ3n) is 3.84. The van der Waals surface area contributed by atoms with Gasteiger partial charge in [0.2, 0.25) is 0 Å². The van der Waals surface area contributed by atoms with E-state index in [2.05, 4.69) is 11.9 Å². The van der Waals surface area contributed by atoms with Crippen molar-refractivity contribution in [1.29, 1.82) is 0 Å². The van der Waals surface area contributed by atoms with Crippen LogP contribution < -0.4 is 9.54 Å². The molecule has 0 unspecified atom stereocenters. The van der Waals surface area contributed by atoms with Gasteiger partial charge < -0.3 is 14.0 Å². The largest absolute Gasteiger partial charge is 0.494 e. The van der Waals surface area contributed by atoms with Gasteiger partial charge in [0.05, 0.1) is 13.2 Å². The fraction of sp³-hybridized carbons (Fsp3) is 0.421. The van der Waals surface area contributed by atoms with Crippen molar-refractivity contribution in [3.8, 4) is 5.75 Å². The van der Waals surface area contributed by atoms with Crippen LogP contribution in [0.4, 0.5) is 0 Å². The van der Waals surface area contributed by atoms with Crippen molar-refractivity contribution in [3.63, 3.8) is 0 Å². The highest BCUT2D eigenvalue weighted by atomic mass is 32.1. The van der Waals surface area contributed by atoms with Gasteiger partial charge in [0.25, 0.3) is 5.91 Å². The van der Waals surface area contributed by atoms with E-state index in [1.54, 1.807) is 49.7 Å². The number of carbonyl (C=O) groups is 2. The molecule has 0 aliphatic rings. The number of esters is 1. The predicted molar refractivity (Wildman–Crippen MR) is 101 cm³/mol. The van der Waals surface area contributed by atoms with Crippen LogP contribution in [0.25, 0.3) is 0 Å². The van der Waals surface area contributed by atoms with Crippen molar-refractivity contribution in [1.82, 2.24) is 4.57 Å². The molecule has 7 heteroatoms. The van der Waals surface area contributed by atoms with E-state index >= 15 is 0 Å². The molecular weight excluding hydrogens is 352 g/mol. The Kier molecular flexibility index (Phi) is 7.15. The number of thiazole rings is 1. The second-order valence-corrected chi connectivity index (χ2v) is 6.70. The molecule has 2 rings (SSSR count). The molecule has 0 spiro atoms. The summed E-state index contributed by atoms with van der Waals surface area (Å²) < 4.78 is 12.3. The third kappa shape index (κ3) is 4.82. The molecule has 0 atom stereocenters. The number of unbranched alkanes of at least 4 members (excludes halogenated alkanes) is 1. The Hall–Kier alpha value is -2.41. The first-order valence-electron chi connectivity index (χ1n) is 8.63. The maximum absolute atomic E-state index is 12.4. The van der Waals surface area contributed by atoms with Crippen LogP contribution in [0.5, 0.6) is 5.75 Å². The number of hydrogen-bond donors (Lipinski definition) is 0. The lowest BCUT2D eigenvalue weighted by Gasteiger charge is -2.05. The Morgan fingerprint density at radius 2 is 1.88 bits per heavy atom. The molecule has 0 saturated heterocycles. The van der Waals surface area contributed by atoms with E-state index in [0.717, 1.165) is 35.6 Å². The fourth-order valence-corrected chi connectivity index (χ4v) is 3.20. The first kappa shape index (κ1) is 19.9. The van der Waals surface area contributed by atoms with Gasteiger partial charge in [0.1, 0.15) is 10.6 Å². The number of ether oxygens (including phenoxy) is 2. The molecule has 0 N–H and O–H groups in total. The van der Waals surface area contributed by atoms with Gasteiger partial charge in [-0.25, -0.2) is 4.79 Å². The number of aromatic nitrogens is 1. The van der Waals surface area contributed by atoms with Gasteiger partial charge in [-0.05, 0) is 44.5 Å². The Balaban J connectivity index is 2.20. The van der Waals surface area contributed by atoms with Gasteiger partial charge in [-0.1, -0.05) is 24.7 Å². The summed E-state index contributed by atoms with van der Waals surface area (Å²) in [4.78, 5) is 29.5. The zero-order chi connectivity index (χ0) is 19.1. The molecule has 26 heavy (non-hydrogen) atoms. The Bertz CT molecular complexity index is 834. The molecule has 1 amide bonds. The van der Waals surface area contributed by atoms with Gasteiger partial charge in [-0.2, -0.15) is 4.99 Å². The predicted octanol–water partition coefficient (Wildman–Crippen LogP) is 3.49. The monoisotopic (exact) mass is 376 g/mol. The topological polar surface area (TPSA) is 69.9 Å². The molecule has 1 heterocycles. The molecule has 0 aliphatic carbocycles. The number of hydrogen-bond acceptors (Lipinski definition) is 5. The molecule has 6 nitrogen and oxygen atoms in total. The minimum absolute atomic E-state index is 0.304. The molecule has 140 valence electrons. The molecule has 1 aromatic heterocycles. The van der Waals surface area contributed by atoms with Gasteiger partial charge in [0.15, 0.2) is 4.80 Å². The number of amides is 1. The van der Waals surface area contributed by atoms with Gasteiger partial charge in [-0.3, -0.25) is 4.79 Å². The lowest BCUT2D eigenvalue weighted by molar-refractivity contribution is 0.0530. The van der Waals surface area contributed by atoms with Crippen LogP contribution in [-0.2, 0) is 11.8 Å². The van der Waals surface area contributed by atoms with Crippen molar-refractivity contribution in [2.45, 2.75) is 33.6 Å². The summed E-state index contributed by atoms with van der Waals surface area (Å²) in [5.74, 6) is -0.0254. The van der Waals surface area contributed by atoms with Crippen LogP contribution in [0, 0.1) is 6.92 Å². The summed E-state index contributed by atoms with van der Waals surface area (Å²) in [6, 6.07) is 6.92. The summed E-state index contributed by atoms with van der Waals surface area (Å²) in [6.07, 6.45) is 2.06. The summed E-state index contributed by atoms with van der Waals surface area (Å²) in [5.41, 5.74) is 1.19. The molecule has 2 aromatic rings. The first-order valence-corrected chi connectivity index (χ1v) is 9.45. The SMILES string of the molecule is CCCCOc1ccc(C(=O)N=c2sc(C(=O)OCC)c(C)n2C)cc1. The molecule has 0 aliphatic heterocycles. The van der Waals surface area contributed by atoms with Crippen LogP contribution in [-0.4, -0.2) is 29.7 Å². The van der Waals surface area contributed by atoms with E-state index in [0.29, 0.717) is 28.5 Å². The second-order valence-electron chi connectivity index (χ2n) is 5.72. The summed E-state index contributed by atoms with van der Waals surface area (Å²) in [6.45, 7) is 6.62. The zero-order valence-electron chi connectivity index (χ0n) is 15.6. The smallest absolute Gasteiger partial charge is 0.350 e. The Morgan fingerprint density at radius 1 is 1.19 bits per heavy atom. The van der Waals surface area contributed by atoms with E-state index in [1.165, 1.54) is 0 Å². The average Bonchev–Trinajstić information content (AvgIpc) is 2.91. The van der Waals surface area contributed by atoms with E-state index in [4.69, 9.17) is 9.47 Å². The summed E-state index contributed by atoms with van der Waals surface area (Å²) >= 11 is 1.15. The highest BCUT2D eigenvalue weighted by Gasteiger charge is 2.16. The quantitative estimate of drug-likeness (QED) is 0.548. The van der Waals surface area contributed by atoms with Crippen LogP contribution in [0.3, 0.4) is 0 Å². The lowest BCUT2D eigenvalue weighted by atomic mass is 10.2. The molecule has 0 radical (unpaired) electrons. The maximum Gasteiger partial charge on any atom is 0.350 e. The zero-order valence-corrected chi connectivity index (χ0v) is 16.4. The first-order chi connectivity index (χ1) is 12.5. The van der Waals surface area contributed by atoms with Crippen molar-refractivity contribution >= 4 is 23.2 Å². The molecule has 0 saturated carbocycles. The van der Waals surface area contributed by atoms with Crippen LogP contribution in [0.2, 0.25) is 0 Å². The highest BCUT2D eigenvalue weighted by molar-refractivity contribution is 7.11. The van der Waals surface area contributed by atoms with Gasteiger partial charge >= 0.3 is 5.97 Å². The maximum atomic E-state index is 12.4. The average molecular weight is 376 g/mol. The Morgan fingerprint density at radius 3 is 2.50 bits per heavy atom. The van der Waals surface area contributed by atoms with Crippen LogP contribution in [0.1, 0.15) is 52.4 Å². The number of carbonyl (C=O) groups excluding carboxylic acids is 2. The van der Waals surface area contributed by atoms with Crippen molar-refractivity contribution in [3.05, 3.63) is 45.2 Å². The molecule has 0 fully saturated rings. The van der Waals surface area contributed by atoms with Crippen molar-refractivity contribution in [2.24, 2.45) is 12.0 Å². The van der Waals surface area contributed by atoms with E-state index < -0.39 is 5.97 Å². The second kappa shape index (κ2) is 9.33. The van der Waals surface area contributed by atoms with E-state index in [9.17, 15) is 9.59 Å². The van der Waals surface area contributed by atoms with Gasteiger partial charge in [-0.15, -0.1) is 0 Å². The van der Waals surface area contributed by atoms with Crippen LogP contribution >= 0.6 is 11.3 Å². The minimum Gasteiger partial charge on any atom is -0.494 e. The van der Waals surface area contributed by atoms with Crippen molar-refractivity contribution in [2.75, 3.05) is 13.2 Å². The van der Waals surface area contributed by atoms with E-state index in [1.807, 2.05) is 0 Å². The normalized spacial score (nSPS) is 11.5. The molecular formula is C19H24N2O4S. The summed E-state index contributed by atoms with van der Waals surface area (Å²) in [5, 5.41) is 0. The highest BCUT2D eigenvalue weighted by Crippen LogP contribution is 2.15. The number of benzene rings is 1. The number of rotatable bonds is 7. The molecule has 1 aromatic carbocycles. The fourth-order valence-electron chi connectivity index (χ4n) is 2.19. The number of nitrogens with zero attached hydrogens (tertiary/aromatic N) is 2. The van der Waals surface area contributed by atoms with Crippen LogP contribution in [0.15, 0.2) is 29.3 Å². The molecule has 0 bridgehead atoms. The van der Waals surface area contributed by atoms with E-state index in [-0.39, 0.29) is 5.91 Å². The van der Waals surface area contributed by atoms with Gasteiger partial charge in [0, 0.05) is 18.3 Å². The Labute approximate surface area is 157 Å². The summed E-state index contributed by atoms with van der Waals surface area (Å²) in [7, 11) is 1.77. The lowest BCUT2D eigenvalue weighted by Crippen LogP contribution is -2.14. The van der Waals surface area contributed by atoms with Crippen molar-refractivity contribution < 1.29 is 19.1 Å². The standard InChI is InChI=1S/C19H24N2O4S/c1-5-7-12-25-15-10-8-14(9-11-15)17(22)20-19-21(4)13(3)16(26-19)18(23)24-6-2/h8-11H,5-7,12H2,1-4H3. The third-order valence-corrected chi connectivity index (χ3v) is 5.05. The minimum atomic E-state index is -0.395.